The monoisotopic (exact) mass is 431 g/mol. The second-order valence-electron chi connectivity index (χ2n) is 3.55. The summed E-state index contributed by atoms with van der Waals surface area (Å²) in [6.45, 7) is 0. The summed E-state index contributed by atoms with van der Waals surface area (Å²) in [4.78, 5) is 13.7. The molecule has 2 aromatic rings. The first-order valence-electron chi connectivity index (χ1n) is 4.99. The van der Waals surface area contributed by atoms with Gasteiger partial charge in [0.1, 0.15) is 9.36 Å². The Bertz CT molecular complexity index is 805. The van der Waals surface area contributed by atoms with Crippen LogP contribution in [-0.2, 0) is 10.0 Å². The van der Waals surface area contributed by atoms with Gasteiger partial charge in [0, 0.05) is 6.07 Å². The zero-order valence-electron chi connectivity index (χ0n) is 9.71. The molecular weight excluding hydrogens is 429 g/mol. The molecule has 2 rings (SSSR count). The SMILES string of the molecule is O=[N+]([O-])c1ccc(Cl)nc1NS(=O)(=O)c1cc(Cl)c(Br)s1. The lowest BCUT2D eigenvalue weighted by molar-refractivity contribution is -0.384. The summed E-state index contributed by atoms with van der Waals surface area (Å²) >= 11 is 15.4. The first kappa shape index (κ1) is 16.4. The first-order valence-corrected chi connectivity index (χ1v) is 8.84. The van der Waals surface area contributed by atoms with Crippen molar-refractivity contribution in [3.05, 3.63) is 42.3 Å². The van der Waals surface area contributed by atoms with Crippen molar-refractivity contribution in [1.82, 2.24) is 4.98 Å². The highest BCUT2D eigenvalue weighted by Gasteiger charge is 2.24. The Kier molecular flexibility index (Phi) is 4.73. The second kappa shape index (κ2) is 6.05. The summed E-state index contributed by atoms with van der Waals surface area (Å²) in [6.07, 6.45) is 0. The summed E-state index contributed by atoms with van der Waals surface area (Å²) < 4.78 is 26.7. The molecule has 112 valence electrons. The number of anilines is 1. The zero-order valence-corrected chi connectivity index (χ0v) is 14.4. The number of nitro groups is 1. The van der Waals surface area contributed by atoms with Crippen molar-refractivity contribution in [3.8, 4) is 0 Å². The van der Waals surface area contributed by atoms with Crippen LogP contribution in [0.2, 0.25) is 10.2 Å². The van der Waals surface area contributed by atoms with E-state index in [4.69, 9.17) is 23.2 Å². The van der Waals surface area contributed by atoms with Gasteiger partial charge in [0.15, 0.2) is 0 Å². The number of sulfonamides is 1. The minimum Gasteiger partial charge on any atom is -0.258 e. The quantitative estimate of drug-likeness (QED) is 0.448. The summed E-state index contributed by atoms with van der Waals surface area (Å²) in [5.41, 5.74) is -0.510. The number of thiophene rings is 1. The molecule has 0 saturated heterocycles. The Morgan fingerprint density at radius 3 is 2.57 bits per heavy atom. The van der Waals surface area contributed by atoms with Gasteiger partial charge >= 0.3 is 5.69 Å². The van der Waals surface area contributed by atoms with Crippen molar-refractivity contribution < 1.29 is 13.3 Å². The van der Waals surface area contributed by atoms with Crippen LogP contribution in [0.15, 0.2) is 26.2 Å². The predicted molar refractivity (Wildman–Crippen MR) is 83.7 cm³/mol. The lowest BCUT2D eigenvalue weighted by atomic mass is 10.4. The van der Waals surface area contributed by atoms with Crippen molar-refractivity contribution in [2.45, 2.75) is 4.21 Å². The highest BCUT2D eigenvalue weighted by molar-refractivity contribution is 9.11. The van der Waals surface area contributed by atoms with Crippen molar-refractivity contribution in [1.29, 1.82) is 0 Å². The Hall–Kier alpha value is -0.940. The standard InChI is InChI=1S/C9H4BrCl2N3O4S2/c10-8-4(11)3-7(20-8)21(18,19)14-9-5(15(16)17)1-2-6(12)13-9/h1-3H,(H,13,14). The van der Waals surface area contributed by atoms with Gasteiger partial charge in [-0.05, 0) is 28.1 Å². The number of halogens is 3. The average Bonchev–Trinajstić information content (AvgIpc) is 2.69. The fraction of sp³-hybridized carbons (Fsp3) is 0. The number of rotatable bonds is 4. The molecule has 0 radical (unpaired) electrons. The van der Waals surface area contributed by atoms with Crippen LogP contribution in [0.5, 0.6) is 0 Å². The van der Waals surface area contributed by atoms with Gasteiger partial charge < -0.3 is 0 Å². The van der Waals surface area contributed by atoms with Crippen LogP contribution in [0.25, 0.3) is 0 Å². The van der Waals surface area contributed by atoms with E-state index in [1.165, 1.54) is 12.1 Å². The van der Waals surface area contributed by atoms with Crippen LogP contribution in [-0.4, -0.2) is 18.3 Å². The molecule has 0 aliphatic heterocycles. The van der Waals surface area contributed by atoms with Crippen LogP contribution in [0.1, 0.15) is 0 Å². The van der Waals surface area contributed by atoms with Crippen LogP contribution in [0, 0.1) is 10.1 Å². The molecule has 7 nitrogen and oxygen atoms in total. The van der Waals surface area contributed by atoms with Crippen LogP contribution < -0.4 is 4.72 Å². The van der Waals surface area contributed by atoms with Crippen molar-refractivity contribution in [2.75, 3.05) is 4.72 Å². The van der Waals surface area contributed by atoms with E-state index in [1.807, 2.05) is 4.72 Å². The lowest BCUT2D eigenvalue weighted by Gasteiger charge is -2.06. The molecule has 2 heterocycles. The van der Waals surface area contributed by atoms with Gasteiger partial charge in [0.25, 0.3) is 10.0 Å². The van der Waals surface area contributed by atoms with Gasteiger partial charge in [0.05, 0.1) is 13.7 Å². The van der Waals surface area contributed by atoms with Gasteiger partial charge in [-0.25, -0.2) is 13.4 Å². The van der Waals surface area contributed by atoms with Crippen LogP contribution in [0.4, 0.5) is 11.5 Å². The second-order valence-corrected chi connectivity index (χ2v) is 8.63. The van der Waals surface area contributed by atoms with Gasteiger partial charge in [-0.15, -0.1) is 11.3 Å². The van der Waals surface area contributed by atoms with E-state index >= 15 is 0 Å². The fourth-order valence-corrected chi connectivity index (χ4v) is 4.85. The number of aromatic nitrogens is 1. The number of nitrogens with zero attached hydrogens (tertiary/aromatic N) is 2. The zero-order chi connectivity index (χ0) is 15.8. The Morgan fingerprint density at radius 1 is 1.38 bits per heavy atom. The third-order valence-electron chi connectivity index (χ3n) is 2.16. The van der Waals surface area contributed by atoms with Gasteiger partial charge in [-0.1, -0.05) is 23.2 Å². The van der Waals surface area contributed by atoms with E-state index in [9.17, 15) is 18.5 Å². The van der Waals surface area contributed by atoms with Gasteiger partial charge in [0.2, 0.25) is 5.82 Å². The first-order chi connectivity index (χ1) is 9.70. The molecule has 0 aliphatic carbocycles. The molecule has 0 unspecified atom stereocenters. The van der Waals surface area contributed by atoms with E-state index in [-0.39, 0.29) is 14.4 Å². The normalized spacial score (nSPS) is 11.4. The minimum atomic E-state index is -4.06. The van der Waals surface area contributed by atoms with E-state index in [2.05, 4.69) is 20.9 Å². The molecule has 0 bridgehead atoms. The van der Waals surface area contributed by atoms with Crippen molar-refractivity contribution in [3.63, 3.8) is 0 Å². The van der Waals surface area contributed by atoms with Gasteiger partial charge in [-0.2, -0.15) is 0 Å². The molecule has 1 N–H and O–H groups in total. The molecule has 0 aromatic carbocycles. The van der Waals surface area contributed by atoms with Crippen molar-refractivity contribution in [2.24, 2.45) is 0 Å². The Morgan fingerprint density at radius 2 is 2.05 bits per heavy atom. The Labute approximate surface area is 141 Å². The Balaban J connectivity index is 2.45. The number of pyridine rings is 1. The average molecular weight is 433 g/mol. The number of nitrogens with one attached hydrogen (secondary N) is 1. The van der Waals surface area contributed by atoms with E-state index < -0.39 is 26.5 Å². The maximum Gasteiger partial charge on any atom is 0.312 e. The van der Waals surface area contributed by atoms with E-state index in [0.717, 1.165) is 17.4 Å². The highest BCUT2D eigenvalue weighted by Crippen LogP contribution is 2.36. The van der Waals surface area contributed by atoms with Gasteiger partial charge in [-0.3, -0.25) is 14.8 Å². The molecule has 0 saturated carbocycles. The molecule has 0 aliphatic rings. The van der Waals surface area contributed by atoms with Crippen molar-refractivity contribution >= 4 is 72.0 Å². The number of hydrogen-bond acceptors (Lipinski definition) is 6. The maximum absolute atomic E-state index is 12.2. The predicted octanol–water partition coefficient (Wildman–Crippen LogP) is 3.92. The summed E-state index contributed by atoms with van der Waals surface area (Å²) in [7, 11) is -4.06. The number of hydrogen-bond donors (Lipinski definition) is 1. The molecular formula is C9H4BrCl2N3O4S2. The van der Waals surface area contributed by atoms with E-state index in [0.29, 0.717) is 3.79 Å². The third kappa shape index (κ3) is 3.64. The summed E-state index contributed by atoms with van der Waals surface area (Å²) in [5.74, 6) is -0.465. The van der Waals surface area contributed by atoms with Crippen LogP contribution >= 0.6 is 50.5 Å². The topological polar surface area (TPSA) is 102 Å². The molecule has 0 atom stereocenters. The molecule has 0 fully saturated rings. The maximum atomic E-state index is 12.2. The third-order valence-corrected chi connectivity index (χ3v) is 6.65. The highest BCUT2D eigenvalue weighted by atomic mass is 79.9. The van der Waals surface area contributed by atoms with E-state index in [1.54, 1.807) is 0 Å². The molecule has 21 heavy (non-hydrogen) atoms. The molecule has 12 heteroatoms. The minimum absolute atomic E-state index is 0.0799. The molecule has 2 aromatic heterocycles. The molecule has 0 spiro atoms. The van der Waals surface area contributed by atoms with Crippen LogP contribution in [0.3, 0.4) is 0 Å². The lowest BCUT2D eigenvalue weighted by Crippen LogP contribution is -2.14. The summed E-state index contributed by atoms with van der Waals surface area (Å²) in [5, 5.41) is 11.0. The summed E-state index contributed by atoms with van der Waals surface area (Å²) in [6, 6.07) is 3.47. The smallest absolute Gasteiger partial charge is 0.258 e. The largest absolute Gasteiger partial charge is 0.312 e. The molecule has 0 amide bonds. The fourth-order valence-electron chi connectivity index (χ4n) is 1.29.